The van der Waals surface area contributed by atoms with Crippen LogP contribution in [-0.4, -0.2) is 54.6 Å². The topological polar surface area (TPSA) is 111 Å². The first kappa shape index (κ1) is 23.3. The summed E-state index contributed by atoms with van der Waals surface area (Å²) < 4.78 is 16.0. The van der Waals surface area contributed by atoms with Gasteiger partial charge in [0.25, 0.3) is 0 Å². The van der Waals surface area contributed by atoms with Gasteiger partial charge in [-0.25, -0.2) is 14.4 Å². The molecule has 1 aliphatic carbocycles. The number of phenolic OH excluding ortho intramolecular Hbond substituents is 1. The molecule has 0 unspecified atom stereocenters. The molecule has 10 heteroatoms. The van der Waals surface area contributed by atoms with Crippen LogP contribution in [0.25, 0.3) is 22.0 Å². The van der Waals surface area contributed by atoms with E-state index in [1.807, 2.05) is 19.1 Å². The molecule has 0 spiro atoms. The maximum atomic E-state index is 16.0. The lowest BCUT2D eigenvalue weighted by Gasteiger charge is -2.57. The van der Waals surface area contributed by atoms with Gasteiger partial charge in [0.2, 0.25) is 0 Å². The molecule has 3 aromatic rings. The van der Waals surface area contributed by atoms with Crippen LogP contribution in [-0.2, 0) is 0 Å². The molecule has 186 valence electrons. The Kier molecular flexibility index (Phi) is 5.46. The largest absolute Gasteiger partial charge is 0.507 e. The lowest BCUT2D eigenvalue weighted by Crippen LogP contribution is -2.73. The quantitative estimate of drug-likeness (QED) is 0.517. The Bertz CT molecular complexity index is 1340. The summed E-state index contributed by atoms with van der Waals surface area (Å²) in [6, 6.07) is 7.12. The summed E-state index contributed by atoms with van der Waals surface area (Å²) in [6.07, 6.45) is 6.30. The smallest absolute Gasteiger partial charge is 0.185 e. The number of anilines is 1. The number of benzene rings is 1. The minimum atomic E-state index is -1.02. The molecule has 2 N–H and O–H groups in total. The second-order valence-electron chi connectivity index (χ2n) is 10.8. The third-order valence-electron chi connectivity index (χ3n) is 7.83. The molecule has 1 saturated carbocycles. The van der Waals surface area contributed by atoms with E-state index in [0.29, 0.717) is 33.5 Å². The van der Waals surface area contributed by atoms with E-state index in [-0.39, 0.29) is 23.4 Å². The van der Waals surface area contributed by atoms with Gasteiger partial charge in [-0.2, -0.15) is 5.26 Å². The van der Waals surface area contributed by atoms with Gasteiger partial charge in [-0.1, -0.05) is 6.07 Å². The van der Waals surface area contributed by atoms with Crippen LogP contribution in [0.15, 0.2) is 29.8 Å². The summed E-state index contributed by atoms with van der Waals surface area (Å²) in [5, 5.41) is 34.4. The lowest BCUT2D eigenvalue weighted by molar-refractivity contribution is 0.000258. The van der Waals surface area contributed by atoms with Gasteiger partial charge in [0.15, 0.2) is 17.3 Å². The Morgan fingerprint density at radius 1 is 1.25 bits per heavy atom. The van der Waals surface area contributed by atoms with E-state index in [1.54, 1.807) is 23.7 Å². The van der Waals surface area contributed by atoms with Crippen LogP contribution < -0.4 is 10.2 Å². The molecule has 2 saturated heterocycles. The van der Waals surface area contributed by atoms with E-state index in [4.69, 9.17) is 5.26 Å². The molecular formula is C26H28FN7OS. The van der Waals surface area contributed by atoms with E-state index >= 15 is 4.39 Å². The number of aromatic nitrogens is 4. The van der Waals surface area contributed by atoms with Crippen LogP contribution in [0.2, 0.25) is 0 Å². The SMILES string of the molecule is C[C@]12CCC[C@](C)(N1)[C@H](F)[C@H](N(c1cnc(-c3ccc(-c4nc(C#N)cs4)cc3O)nn1)C1CC1)C2. The fraction of sp³-hybridized carbons (Fsp3) is 0.500. The first-order chi connectivity index (χ1) is 17.3. The molecule has 4 heterocycles. The third-order valence-corrected chi connectivity index (χ3v) is 8.73. The van der Waals surface area contributed by atoms with Crippen molar-refractivity contribution in [3.8, 4) is 33.8 Å². The number of fused-ring (bicyclic) bond motifs is 2. The van der Waals surface area contributed by atoms with Crippen molar-refractivity contribution >= 4 is 17.2 Å². The van der Waals surface area contributed by atoms with Crippen molar-refractivity contribution in [3.05, 3.63) is 35.5 Å². The number of aromatic hydroxyl groups is 1. The van der Waals surface area contributed by atoms with Crippen molar-refractivity contribution in [2.75, 3.05) is 4.90 Å². The highest BCUT2D eigenvalue weighted by Crippen LogP contribution is 2.46. The predicted octanol–water partition coefficient (Wildman–Crippen LogP) is 4.61. The molecule has 0 amide bonds. The van der Waals surface area contributed by atoms with Gasteiger partial charge in [0.1, 0.15) is 23.0 Å². The summed E-state index contributed by atoms with van der Waals surface area (Å²) >= 11 is 1.34. The molecule has 0 radical (unpaired) electrons. The first-order valence-corrected chi connectivity index (χ1v) is 13.3. The highest BCUT2D eigenvalue weighted by atomic mass is 32.1. The summed E-state index contributed by atoms with van der Waals surface area (Å²) in [5.41, 5.74) is 0.876. The average Bonchev–Trinajstić information content (AvgIpc) is 3.57. The number of nitrogens with one attached hydrogen (secondary N) is 1. The number of thiazole rings is 1. The summed E-state index contributed by atoms with van der Waals surface area (Å²) in [7, 11) is 0. The fourth-order valence-electron chi connectivity index (χ4n) is 6.05. The third kappa shape index (κ3) is 4.00. The van der Waals surface area contributed by atoms with Crippen LogP contribution in [0.1, 0.15) is 58.1 Å². The average molecular weight is 506 g/mol. The standard InChI is InChI=1S/C26H28FN7OS/c1-25-8-3-9-26(2,33-25)22(27)19(11-25)34(17-5-6-17)21-13-29-23(32-31-21)18-7-4-15(10-20(18)35)24-30-16(12-28)14-36-24/h4,7,10,13-14,17,19,22,33,35H,3,5-6,8-9,11H2,1-2H3/t19-,22-,25-,26+/m1/s1. The van der Waals surface area contributed by atoms with Crippen LogP contribution in [0.4, 0.5) is 10.2 Å². The summed E-state index contributed by atoms with van der Waals surface area (Å²) in [4.78, 5) is 10.9. The zero-order valence-corrected chi connectivity index (χ0v) is 21.1. The minimum absolute atomic E-state index is 0.00524. The maximum Gasteiger partial charge on any atom is 0.185 e. The van der Waals surface area contributed by atoms with Gasteiger partial charge in [-0.3, -0.25) is 0 Å². The Balaban J connectivity index is 1.28. The van der Waals surface area contributed by atoms with E-state index < -0.39 is 11.7 Å². The Labute approximate surface area is 213 Å². The molecule has 2 bridgehead atoms. The number of nitrogens with zero attached hydrogens (tertiary/aromatic N) is 6. The second-order valence-corrected chi connectivity index (χ2v) is 11.6. The summed E-state index contributed by atoms with van der Waals surface area (Å²) in [5.74, 6) is 0.892. The number of hydrogen-bond donors (Lipinski definition) is 2. The Morgan fingerprint density at radius 3 is 2.75 bits per heavy atom. The van der Waals surface area contributed by atoms with Crippen LogP contribution in [0.5, 0.6) is 5.75 Å². The van der Waals surface area contributed by atoms with Gasteiger partial charge < -0.3 is 15.3 Å². The van der Waals surface area contributed by atoms with E-state index in [9.17, 15) is 5.11 Å². The molecule has 3 fully saturated rings. The second kappa shape index (κ2) is 8.46. The Hall–Kier alpha value is -3.16. The highest BCUT2D eigenvalue weighted by Gasteiger charge is 2.55. The molecule has 4 atom stereocenters. The molecule has 2 aliphatic heterocycles. The number of phenols is 1. The van der Waals surface area contributed by atoms with Crippen LogP contribution in [0.3, 0.4) is 0 Å². The van der Waals surface area contributed by atoms with Gasteiger partial charge in [0.05, 0.1) is 17.8 Å². The van der Waals surface area contributed by atoms with E-state index in [0.717, 1.165) is 38.5 Å². The van der Waals surface area contributed by atoms with Crippen molar-refractivity contribution in [2.24, 2.45) is 0 Å². The Morgan fingerprint density at radius 2 is 2.08 bits per heavy atom. The van der Waals surface area contributed by atoms with E-state index in [2.05, 4.69) is 37.3 Å². The van der Waals surface area contributed by atoms with Gasteiger partial charge >= 0.3 is 0 Å². The molecule has 3 aliphatic rings. The molecule has 6 rings (SSSR count). The lowest BCUT2D eigenvalue weighted by atomic mass is 9.68. The predicted molar refractivity (Wildman–Crippen MR) is 135 cm³/mol. The number of rotatable bonds is 5. The van der Waals surface area contributed by atoms with Crippen molar-refractivity contribution < 1.29 is 9.50 Å². The number of piperidine rings is 2. The van der Waals surface area contributed by atoms with Crippen LogP contribution in [0, 0.1) is 11.3 Å². The normalized spacial score (nSPS) is 29.5. The number of alkyl halides is 1. The van der Waals surface area contributed by atoms with Gasteiger partial charge in [-0.15, -0.1) is 21.5 Å². The monoisotopic (exact) mass is 505 g/mol. The van der Waals surface area contributed by atoms with Crippen molar-refractivity contribution in [3.63, 3.8) is 0 Å². The van der Waals surface area contributed by atoms with Gasteiger partial charge in [-0.05, 0) is 64.5 Å². The maximum absolute atomic E-state index is 16.0. The number of halogens is 1. The fourth-order valence-corrected chi connectivity index (χ4v) is 6.79. The van der Waals surface area contributed by atoms with Gasteiger partial charge in [0, 0.05) is 28.1 Å². The zero-order chi connectivity index (χ0) is 25.1. The molecule has 8 nitrogen and oxygen atoms in total. The molecular weight excluding hydrogens is 477 g/mol. The minimum Gasteiger partial charge on any atom is -0.507 e. The first-order valence-electron chi connectivity index (χ1n) is 12.4. The van der Waals surface area contributed by atoms with E-state index in [1.165, 1.54) is 11.3 Å². The number of nitriles is 1. The molecule has 1 aromatic carbocycles. The van der Waals surface area contributed by atoms with Crippen molar-refractivity contribution in [2.45, 2.75) is 81.7 Å². The zero-order valence-electron chi connectivity index (χ0n) is 20.3. The molecule has 2 aromatic heterocycles. The number of hydrogen-bond acceptors (Lipinski definition) is 9. The van der Waals surface area contributed by atoms with Crippen molar-refractivity contribution in [1.82, 2.24) is 25.5 Å². The molecule has 36 heavy (non-hydrogen) atoms. The summed E-state index contributed by atoms with van der Waals surface area (Å²) in [6.45, 7) is 4.22. The van der Waals surface area contributed by atoms with Crippen molar-refractivity contribution in [1.29, 1.82) is 5.26 Å². The van der Waals surface area contributed by atoms with Crippen LogP contribution >= 0.6 is 11.3 Å². The highest BCUT2D eigenvalue weighted by molar-refractivity contribution is 7.13.